The number of carbonyl (C=O) groups excluding carboxylic acids is 1. The molecule has 2 rings (SSSR count). The molecule has 5 heteroatoms. The van der Waals surface area contributed by atoms with E-state index in [2.05, 4.69) is 5.32 Å². The van der Waals surface area contributed by atoms with Crippen molar-refractivity contribution in [2.75, 3.05) is 5.32 Å². The number of hydrogen-bond donors (Lipinski definition) is 2. The van der Waals surface area contributed by atoms with E-state index in [-0.39, 0.29) is 16.6 Å². The summed E-state index contributed by atoms with van der Waals surface area (Å²) in [4.78, 5) is 12.0. The van der Waals surface area contributed by atoms with E-state index in [1.54, 1.807) is 12.1 Å². The molecule has 3 N–H and O–H groups in total. The molecular weight excluding hydrogens is 227 g/mol. The zero-order chi connectivity index (χ0) is 11.8. The van der Waals surface area contributed by atoms with Crippen molar-refractivity contribution >= 4 is 28.8 Å². The Labute approximate surface area is 97.8 Å². The van der Waals surface area contributed by atoms with E-state index < -0.39 is 11.2 Å². The number of thiocarbonyl (C=S) groups is 1. The highest BCUT2D eigenvalue weighted by molar-refractivity contribution is 7.80. The van der Waals surface area contributed by atoms with Gasteiger partial charge in [0, 0.05) is 0 Å². The Morgan fingerprint density at radius 2 is 2.06 bits per heavy atom. The fourth-order valence-corrected chi connectivity index (χ4v) is 1.81. The van der Waals surface area contributed by atoms with E-state index in [1.807, 2.05) is 0 Å². The first-order valence-corrected chi connectivity index (χ1v) is 5.33. The van der Waals surface area contributed by atoms with E-state index in [0.29, 0.717) is 12.8 Å². The van der Waals surface area contributed by atoms with Crippen LogP contribution in [0.3, 0.4) is 0 Å². The summed E-state index contributed by atoms with van der Waals surface area (Å²) in [5.41, 5.74) is 4.91. The summed E-state index contributed by atoms with van der Waals surface area (Å²) in [6.45, 7) is 0. The first-order valence-electron chi connectivity index (χ1n) is 4.92. The zero-order valence-electron chi connectivity index (χ0n) is 8.50. The van der Waals surface area contributed by atoms with Crippen LogP contribution in [0.4, 0.5) is 10.1 Å². The number of benzene rings is 1. The molecule has 1 fully saturated rings. The van der Waals surface area contributed by atoms with Crippen LogP contribution in [0.1, 0.15) is 12.8 Å². The molecule has 0 spiro atoms. The average molecular weight is 238 g/mol. The molecule has 0 saturated heterocycles. The topological polar surface area (TPSA) is 55.1 Å². The van der Waals surface area contributed by atoms with Crippen molar-refractivity contribution in [3.05, 3.63) is 30.1 Å². The molecule has 3 nitrogen and oxygen atoms in total. The summed E-state index contributed by atoms with van der Waals surface area (Å²) < 4.78 is 13.3. The van der Waals surface area contributed by atoms with Crippen LogP contribution in [0, 0.1) is 11.2 Å². The smallest absolute Gasteiger partial charge is 0.237 e. The summed E-state index contributed by atoms with van der Waals surface area (Å²) in [6.07, 6.45) is 1.28. The van der Waals surface area contributed by atoms with Gasteiger partial charge in [-0.3, -0.25) is 4.79 Å². The summed E-state index contributed by atoms with van der Waals surface area (Å²) in [5, 5.41) is 2.51. The van der Waals surface area contributed by atoms with Gasteiger partial charge in [-0.05, 0) is 25.0 Å². The molecule has 84 valence electrons. The van der Waals surface area contributed by atoms with Crippen molar-refractivity contribution in [1.29, 1.82) is 0 Å². The van der Waals surface area contributed by atoms with Gasteiger partial charge in [0.05, 0.1) is 16.1 Å². The Balaban J connectivity index is 2.15. The van der Waals surface area contributed by atoms with E-state index in [1.165, 1.54) is 12.1 Å². The van der Waals surface area contributed by atoms with Crippen LogP contribution in [0.5, 0.6) is 0 Å². The van der Waals surface area contributed by atoms with Gasteiger partial charge in [0.15, 0.2) is 0 Å². The van der Waals surface area contributed by atoms with Gasteiger partial charge in [0.25, 0.3) is 0 Å². The Kier molecular flexibility index (Phi) is 2.63. The number of amides is 1. The largest absolute Gasteiger partial charge is 0.392 e. The lowest BCUT2D eigenvalue weighted by Crippen LogP contribution is -2.35. The summed E-state index contributed by atoms with van der Waals surface area (Å²) in [5.74, 6) is -0.778. The molecule has 0 bridgehead atoms. The summed E-state index contributed by atoms with van der Waals surface area (Å²) in [6, 6.07) is 6.00. The lowest BCUT2D eigenvalue weighted by molar-refractivity contribution is -0.118. The van der Waals surface area contributed by atoms with E-state index >= 15 is 0 Å². The minimum Gasteiger partial charge on any atom is -0.392 e. The Morgan fingerprint density at radius 3 is 2.56 bits per heavy atom. The van der Waals surface area contributed by atoms with Gasteiger partial charge >= 0.3 is 0 Å². The summed E-state index contributed by atoms with van der Waals surface area (Å²) in [7, 11) is 0. The number of halogens is 1. The maximum atomic E-state index is 13.3. The molecule has 0 radical (unpaired) electrons. The van der Waals surface area contributed by atoms with Crippen LogP contribution in [0.2, 0.25) is 0 Å². The van der Waals surface area contributed by atoms with Crippen molar-refractivity contribution in [1.82, 2.24) is 0 Å². The first-order chi connectivity index (χ1) is 7.56. The van der Waals surface area contributed by atoms with Crippen LogP contribution < -0.4 is 11.1 Å². The third-order valence-corrected chi connectivity index (χ3v) is 3.17. The van der Waals surface area contributed by atoms with Crippen LogP contribution in [-0.4, -0.2) is 10.9 Å². The third-order valence-electron chi connectivity index (χ3n) is 2.78. The molecule has 16 heavy (non-hydrogen) atoms. The van der Waals surface area contributed by atoms with Crippen LogP contribution in [-0.2, 0) is 4.79 Å². The Hall–Kier alpha value is -1.49. The van der Waals surface area contributed by atoms with Crippen molar-refractivity contribution < 1.29 is 9.18 Å². The molecule has 0 unspecified atom stereocenters. The summed E-state index contributed by atoms with van der Waals surface area (Å²) >= 11 is 4.84. The number of anilines is 1. The highest BCUT2D eigenvalue weighted by atomic mass is 32.1. The van der Waals surface area contributed by atoms with Crippen molar-refractivity contribution in [2.24, 2.45) is 11.1 Å². The van der Waals surface area contributed by atoms with Gasteiger partial charge in [-0.1, -0.05) is 24.4 Å². The SMILES string of the molecule is NC(=S)C1(C(=O)Nc2ccccc2F)CC1. The van der Waals surface area contributed by atoms with Gasteiger partial charge < -0.3 is 11.1 Å². The number of nitrogens with two attached hydrogens (primary N) is 1. The van der Waals surface area contributed by atoms with E-state index in [9.17, 15) is 9.18 Å². The standard InChI is InChI=1S/C11H11FN2OS/c12-7-3-1-2-4-8(7)14-10(15)11(5-6-11)9(13)16/h1-4H,5-6H2,(H2,13,16)(H,14,15). The fourth-order valence-electron chi connectivity index (χ4n) is 1.51. The molecule has 1 aliphatic rings. The monoisotopic (exact) mass is 238 g/mol. The number of hydrogen-bond acceptors (Lipinski definition) is 2. The number of para-hydroxylation sites is 1. The Bertz CT molecular complexity index is 457. The second-order valence-corrected chi connectivity index (χ2v) is 4.32. The predicted molar refractivity (Wildman–Crippen MR) is 63.5 cm³/mol. The second kappa shape index (κ2) is 3.83. The van der Waals surface area contributed by atoms with E-state index in [0.717, 1.165) is 0 Å². The molecule has 1 aromatic rings. The van der Waals surface area contributed by atoms with Crippen molar-refractivity contribution in [3.63, 3.8) is 0 Å². The van der Waals surface area contributed by atoms with Gasteiger partial charge in [0.2, 0.25) is 5.91 Å². The second-order valence-electron chi connectivity index (χ2n) is 3.88. The fraction of sp³-hybridized carbons (Fsp3) is 0.273. The number of rotatable bonds is 3. The van der Waals surface area contributed by atoms with Crippen molar-refractivity contribution in [3.8, 4) is 0 Å². The minimum atomic E-state index is -0.752. The van der Waals surface area contributed by atoms with Gasteiger partial charge in [-0.25, -0.2) is 4.39 Å². The molecule has 0 aromatic heterocycles. The van der Waals surface area contributed by atoms with Crippen LogP contribution in [0.25, 0.3) is 0 Å². The molecule has 1 aromatic carbocycles. The van der Waals surface area contributed by atoms with Crippen LogP contribution in [0.15, 0.2) is 24.3 Å². The quantitative estimate of drug-likeness (QED) is 0.790. The molecule has 0 atom stereocenters. The molecular formula is C11H11FN2OS. The molecule has 1 aliphatic carbocycles. The van der Waals surface area contributed by atoms with Gasteiger partial charge in [0.1, 0.15) is 5.82 Å². The molecule has 0 heterocycles. The first kappa shape index (κ1) is 11.0. The maximum absolute atomic E-state index is 13.3. The molecule has 0 aliphatic heterocycles. The Morgan fingerprint density at radius 1 is 1.44 bits per heavy atom. The predicted octanol–water partition coefficient (Wildman–Crippen LogP) is 1.83. The third kappa shape index (κ3) is 1.78. The maximum Gasteiger partial charge on any atom is 0.237 e. The minimum absolute atomic E-state index is 0.162. The van der Waals surface area contributed by atoms with Gasteiger partial charge in [-0.2, -0.15) is 0 Å². The van der Waals surface area contributed by atoms with Crippen molar-refractivity contribution in [2.45, 2.75) is 12.8 Å². The molecule has 1 saturated carbocycles. The highest BCUT2D eigenvalue weighted by Crippen LogP contribution is 2.46. The van der Waals surface area contributed by atoms with E-state index in [4.69, 9.17) is 18.0 Å². The lowest BCUT2D eigenvalue weighted by atomic mass is 10.1. The average Bonchev–Trinajstić information content (AvgIpc) is 3.02. The van der Waals surface area contributed by atoms with Gasteiger partial charge in [-0.15, -0.1) is 0 Å². The number of nitrogens with one attached hydrogen (secondary N) is 1. The van der Waals surface area contributed by atoms with Crippen LogP contribution >= 0.6 is 12.2 Å². The zero-order valence-corrected chi connectivity index (χ0v) is 9.31. The number of carbonyl (C=O) groups is 1. The highest BCUT2D eigenvalue weighted by Gasteiger charge is 2.52. The molecule has 1 amide bonds. The normalized spacial score (nSPS) is 16.6. The lowest BCUT2D eigenvalue weighted by Gasteiger charge is -2.13.